The lowest BCUT2D eigenvalue weighted by Crippen LogP contribution is -2.42. The predicted molar refractivity (Wildman–Crippen MR) is 101 cm³/mol. The number of hydrogen-bond donors (Lipinski definition) is 3. The van der Waals surface area contributed by atoms with Crippen LogP contribution in [-0.4, -0.2) is 52.5 Å². The van der Waals surface area contributed by atoms with Crippen LogP contribution in [0.3, 0.4) is 0 Å². The van der Waals surface area contributed by atoms with Gasteiger partial charge in [-0.1, -0.05) is 6.07 Å². The number of amides is 3. The number of nitrogens with two attached hydrogens (primary N) is 1. The zero-order chi connectivity index (χ0) is 19.8. The molecule has 0 unspecified atom stereocenters. The molecule has 1 fully saturated rings. The van der Waals surface area contributed by atoms with E-state index in [2.05, 4.69) is 5.32 Å². The second-order valence-electron chi connectivity index (χ2n) is 6.03. The standard InChI is InChI=1S/C18H21N3O5S/c19-18(26)12-6-8-21(9-7-12)16(23)11-27-14-3-1-2-13(10-14)20-15(22)4-5-17(24)25/h1-5,10,12H,6-9,11H2,(H2,19,26)(H,20,22)(H,24,25)/b5-4+. The van der Waals surface area contributed by atoms with Gasteiger partial charge in [0.15, 0.2) is 0 Å². The minimum absolute atomic E-state index is 0.0123. The molecule has 144 valence electrons. The summed E-state index contributed by atoms with van der Waals surface area (Å²) in [7, 11) is 0. The van der Waals surface area contributed by atoms with E-state index in [1.54, 1.807) is 23.1 Å². The van der Waals surface area contributed by atoms with Crippen molar-refractivity contribution >= 4 is 41.1 Å². The van der Waals surface area contributed by atoms with Gasteiger partial charge in [0.2, 0.25) is 17.7 Å². The van der Waals surface area contributed by atoms with Crippen LogP contribution in [0.2, 0.25) is 0 Å². The van der Waals surface area contributed by atoms with Crippen molar-refractivity contribution < 1.29 is 24.3 Å². The highest BCUT2D eigenvalue weighted by atomic mass is 32.2. The number of nitrogens with zero attached hydrogens (tertiary/aromatic N) is 1. The average molecular weight is 391 g/mol. The van der Waals surface area contributed by atoms with Crippen LogP contribution in [0.5, 0.6) is 0 Å². The lowest BCUT2D eigenvalue weighted by atomic mass is 9.96. The van der Waals surface area contributed by atoms with Crippen LogP contribution in [0.15, 0.2) is 41.3 Å². The number of carbonyl (C=O) groups is 4. The average Bonchev–Trinajstić information content (AvgIpc) is 2.65. The zero-order valence-electron chi connectivity index (χ0n) is 14.6. The Morgan fingerprint density at radius 2 is 1.93 bits per heavy atom. The number of carbonyl (C=O) groups excluding carboxylic acids is 3. The first-order valence-corrected chi connectivity index (χ1v) is 9.35. The Hall–Kier alpha value is -2.81. The molecule has 1 heterocycles. The van der Waals surface area contributed by atoms with Gasteiger partial charge in [0.05, 0.1) is 5.75 Å². The van der Waals surface area contributed by atoms with Crippen LogP contribution >= 0.6 is 11.8 Å². The number of benzene rings is 1. The van der Waals surface area contributed by atoms with Crippen LogP contribution in [0.4, 0.5) is 5.69 Å². The molecule has 9 heteroatoms. The summed E-state index contributed by atoms with van der Waals surface area (Å²) >= 11 is 1.34. The summed E-state index contributed by atoms with van der Waals surface area (Å²) in [6, 6.07) is 6.94. The normalized spacial score (nSPS) is 14.9. The molecule has 8 nitrogen and oxygen atoms in total. The molecule has 1 aromatic carbocycles. The molecular formula is C18H21N3O5S. The molecule has 0 bridgehead atoms. The number of anilines is 1. The van der Waals surface area contributed by atoms with E-state index in [0.29, 0.717) is 31.6 Å². The van der Waals surface area contributed by atoms with Gasteiger partial charge in [-0.3, -0.25) is 14.4 Å². The van der Waals surface area contributed by atoms with Crippen molar-refractivity contribution in [2.45, 2.75) is 17.7 Å². The van der Waals surface area contributed by atoms with Gasteiger partial charge in [-0.2, -0.15) is 0 Å². The smallest absolute Gasteiger partial charge is 0.328 e. The Morgan fingerprint density at radius 1 is 1.22 bits per heavy atom. The van der Waals surface area contributed by atoms with Gasteiger partial charge in [0.1, 0.15) is 0 Å². The molecule has 1 aliphatic rings. The molecule has 0 aromatic heterocycles. The van der Waals surface area contributed by atoms with Crippen molar-refractivity contribution in [2.24, 2.45) is 11.7 Å². The maximum Gasteiger partial charge on any atom is 0.328 e. The number of piperidine rings is 1. The molecule has 0 spiro atoms. The van der Waals surface area contributed by atoms with E-state index < -0.39 is 11.9 Å². The quantitative estimate of drug-likeness (QED) is 0.471. The van der Waals surface area contributed by atoms with Gasteiger partial charge in [0.25, 0.3) is 0 Å². The van der Waals surface area contributed by atoms with Crippen molar-refractivity contribution in [3.8, 4) is 0 Å². The van der Waals surface area contributed by atoms with E-state index in [-0.39, 0.29) is 23.5 Å². The highest BCUT2D eigenvalue weighted by molar-refractivity contribution is 8.00. The zero-order valence-corrected chi connectivity index (χ0v) is 15.4. The van der Waals surface area contributed by atoms with E-state index >= 15 is 0 Å². The first kappa shape index (κ1) is 20.5. The maximum atomic E-state index is 12.3. The molecule has 0 saturated carbocycles. The van der Waals surface area contributed by atoms with E-state index in [9.17, 15) is 19.2 Å². The Kier molecular flexibility index (Phi) is 7.42. The molecule has 3 amide bonds. The highest BCUT2D eigenvalue weighted by Crippen LogP contribution is 2.23. The van der Waals surface area contributed by atoms with Crippen LogP contribution in [0, 0.1) is 5.92 Å². The number of aliphatic carboxylic acids is 1. The molecule has 0 aliphatic carbocycles. The van der Waals surface area contributed by atoms with Crippen molar-refractivity contribution in [1.82, 2.24) is 4.90 Å². The number of thioether (sulfide) groups is 1. The molecule has 2 rings (SSSR count). The van der Waals surface area contributed by atoms with Gasteiger partial charge in [-0.25, -0.2) is 4.79 Å². The lowest BCUT2D eigenvalue weighted by Gasteiger charge is -2.30. The fourth-order valence-corrected chi connectivity index (χ4v) is 3.50. The second kappa shape index (κ2) is 9.77. The Labute approximate surface area is 160 Å². The molecule has 27 heavy (non-hydrogen) atoms. The topological polar surface area (TPSA) is 130 Å². The summed E-state index contributed by atoms with van der Waals surface area (Å²) < 4.78 is 0. The van der Waals surface area contributed by atoms with Crippen molar-refractivity contribution in [2.75, 3.05) is 24.2 Å². The largest absolute Gasteiger partial charge is 0.478 e. The van der Waals surface area contributed by atoms with E-state index in [0.717, 1.165) is 17.0 Å². The Morgan fingerprint density at radius 3 is 2.56 bits per heavy atom. The van der Waals surface area contributed by atoms with Crippen molar-refractivity contribution in [3.05, 3.63) is 36.4 Å². The van der Waals surface area contributed by atoms with Gasteiger partial charge >= 0.3 is 5.97 Å². The fraction of sp³-hybridized carbons (Fsp3) is 0.333. The number of carboxylic acids is 1. The summed E-state index contributed by atoms with van der Waals surface area (Å²) in [6.07, 6.45) is 2.88. The molecule has 1 aliphatic heterocycles. The van der Waals surface area contributed by atoms with Crippen LogP contribution in [-0.2, 0) is 19.2 Å². The summed E-state index contributed by atoms with van der Waals surface area (Å²) in [4.78, 5) is 48.0. The van der Waals surface area contributed by atoms with E-state index in [4.69, 9.17) is 10.8 Å². The summed E-state index contributed by atoms with van der Waals surface area (Å²) in [6.45, 7) is 1.05. The highest BCUT2D eigenvalue weighted by Gasteiger charge is 2.25. The third-order valence-corrected chi connectivity index (χ3v) is 5.07. The summed E-state index contributed by atoms with van der Waals surface area (Å²) in [5.41, 5.74) is 5.81. The van der Waals surface area contributed by atoms with Crippen molar-refractivity contribution in [3.63, 3.8) is 0 Å². The SMILES string of the molecule is NC(=O)C1CCN(C(=O)CSc2cccc(NC(=O)/C=C/C(=O)O)c2)CC1. The van der Waals surface area contributed by atoms with Crippen molar-refractivity contribution in [1.29, 1.82) is 0 Å². The van der Waals surface area contributed by atoms with Gasteiger partial charge in [0, 0.05) is 41.7 Å². The van der Waals surface area contributed by atoms with Crippen LogP contribution in [0.25, 0.3) is 0 Å². The summed E-state index contributed by atoms with van der Waals surface area (Å²) in [5.74, 6) is -1.98. The number of likely N-dealkylation sites (tertiary alicyclic amines) is 1. The molecule has 0 atom stereocenters. The van der Waals surface area contributed by atoms with Gasteiger partial charge in [-0.15, -0.1) is 11.8 Å². The number of rotatable bonds is 7. The fourth-order valence-electron chi connectivity index (χ4n) is 2.64. The number of nitrogens with one attached hydrogen (secondary N) is 1. The Balaban J connectivity index is 1.84. The number of primary amides is 1. The van der Waals surface area contributed by atoms with Gasteiger partial charge < -0.3 is 21.1 Å². The van der Waals surface area contributed by atoms with E-state index in [1.165, 1.54) is 11.8 Å². The lowest BCUT2D eigenvalue weighted by molar-refractivity contribution is -0.132. The predicted octanol–water partition coefficient (Wildman–Crippen LogP) is 1.08. The molecule has 0 radical (unpaired) electrons. The summed E-state index contributed by atoms with van der Waals surface area (Å²) in [5, 5.41) is 11.1. The number of hydrogen-bond acceptors (Lipinski definition) is 5. The van der Waals surface area contributed by atoms with Gasteiger partial charge in [-0.05, 0) is 31.0 Å². The molecule has 4 N–H and O–H groups in total. The Bertz CT molecular complexity index is 757. The van der Waals surface area contributed by atoms with Crippen LogP contribution < -0.4 is 11.1 Å². The second-order valence-corrected chi connectivity index (χ2v) is 7.08. The molecule has 1 aromatic rings. The first-order chi connectivity index (χ1) is 12.8. The minimum atomic E-state index is -1.20. The maximum absolute atomic E-state index is 12.3. The van der Waals surface area contributed by atoms with Crippen LogP contribution in [0.1, 0.15) is 12.8 Å². The minimum Gasteiger partial charge on any atom is -0.478 e. The first-order valence-electron chi connectivity index (χ1n) is 8.37. The molecular weight excluding hydrogens is 370 g/mol. The monoisotopic (exact) mass is 391 g/mol. The molecule has 1 saturated heterocycles. The number of carboxylic acid groups (broad SMARTS) is 1. The van der Waals surface area contributed by atoms with E-state index in [1.807, 2.05) is 6.07 Å². The third kappa shape index (κ3) is 6.78. The third-order valence-electron chi connectivity index (χ3n) is 4.09.